The molecule has 29 heavy (non-hydrogen) atoms. The monoisotopic (exact) mass is 417 g/mol. The number of carbonyl (C=O) groups is 4. The van der Waals surface area contributed by atoms with E-state index in [1.54, 1.807) is 41.5 Å². The van der Waals surface area contributed by atoms with E-state index < -0.39 is 41.3 Å². The molecule has 0 saturated carbocycles. The highest BCUT2D eigenvalue weighted by Gasteiger charge is 2.31. The highest BCUT2D eigenvalue weighted by atomic mass is 16.7. The first-order chi connectivity index (χ1) is 13.0. The molecule has 0 amide bonds. The topological polar surface area (TPSA) is 108 Å². The Bertz CT molecular complexity index is 556. The Morgan fingerprint density at radius 2 is 1.21 bits per heavy atom. The molecule has 0 radical (unpaired) electrons. The third-order valence-electron chi connectivity index (χ3n) is 3.11. The Morgan fingerprint density at radius 1 is 0.793 bits per heavy atom. The normalized spacial score (nSPS) is 13.1. The van der Waals surface area contributed by atoms with Gasteiger partial charge in [0.05, 0.1) is 19.7 Å². The van der Waals surface area contributed by atoms with Gasteiger partial charge in [-0.2, -0.15) is 0 Å². The lowest BCUT2D eigenvalue weighted by molar-refractivity contribution is -0.162. The number of hydrogen-bond acceptors (Lipinski definition) is 9. The fourth-order valence-corrected chi connectivity index (χ4v) is 1.99. The largest absolute Gasteiger partial charge is 0.516 e. The molecule has 0 bridgehead atoms. The van der Waals surface area contributed by atoms with Gasteiger partial charge in [-0.15, -0.1) is 0 Å². The van der Waals surface area contributed by atoms with Crippen LogP contribution in [-0.2, 0) is 33.3 Å². The van der Waals surface area contributed by atoms with E-state index in [1.807, 2.05) is 13.8 Å². The van der Waals surface area contributed by atoms with E-state index >= 15 is 0 Å². The fourth-order valence-electron chi connectivity index (χ4n) is 1.99. The predicted octanol–water partition coefficient (Wildman–Crippen LogP) is 2.70. The maximum absolute atomic E-state index is 12.3. The van der Waals surface area contributed by atoms with Gasteiger partial charge in [-0.25, -0.2) is 9.59 Å². The third kappa shape index (κ3) is 13.6. The molecule has 0 aromatic heterocycles. The van der Waals surface area contributed by atoms with Crippen LogP contribution in [0.1, 0.15) is 62.3 Å². The van der Waals surface area contributed by atoms with E-state index in [-0.39, 0.29) is 25.6 Å². The SMILES string of the molecule is CC(C)COC(=O)OC(=O)[C@H](C)N(CC(=O)OC(C)(C)C)CC(=O)OC(C)(C)C. The van der Waals surface area contributed by atoms with E-state index in [9.17, 15) is 19.2 Å². The number of ether oxygens (including phenoxy) is 4. The van der Waals surface area contributed by atoms with Crippen LogP contribution in [-0.4, -0.2) is 65.9 Å². The number of hydrogen-bond donors (Lipinski definition) is 0. The van der Waals surface area contributed by atoms with Gasteiger partial charge in [0.1, 0.15) is 17.2 Å². The minimum Gasteiger partial charge on any atom is -0.459 e. The highest BCUT2D eigenvalue weighted by molar-refractivity contribution is 5.86. The van der Waals surface area contributed by atoms with Crippen molar-refractivity contribution in [3.8, 4) is 0 Å². The number of carbonyl (C=O) groups excluding carboxylic acids is 4. The maximum atomic E-state index is 12.3. The summed E-state index contributed by atoms with van der Waals surface area (Å²) in [7, 11) is 0. The van der Waals surface area contributed by atoms with Crippen molar-refractivity contribution < 1.29 is 38.1 Å². The lowest BCUT2D eigenvalue weighted by Gasteiger charge is -2.28. The molecule has 168 valence electrons. The predicted molar refractivity (Wildman–Crippen MR) is 105 cm³/mol. The number of esters is 3. The van der Waals surface area contributed by atoms with Gasteiger partial charge in [-0.3, -0.25) is 14.5 Å². The summed E-state index contributed by atoms with van der Waals surface area (Å²) in [6.07, 6.45) is -1.13. The molecule has 0 heterocycles. The second-order valence-corrected chi connectivity index (χ2v) is 9.13. The van der Waals surface area contributed by atoms with Crippen molar-refractivity contribution in [2.45, 2.75) is 79.6 Å². The van der Waals surface area contributed by atoms with Crippen molar-refractivity contribution in [1.82, 2.24) is 4.90 Å². The molecule has 9 heteroatoms. The number of nitrogens with zero attached hydrogens (tertiary/aromatic N) is 1. The van der Waals surface area contributed by atoms with Crippen molar-refractivity contribution in [1.29, 1.82) is 0 Å². The minimum atomic E-state index is -1.13. The van der Waals surface area contributed by atoms with Crippen LogP contribution >= 0.6 is 0 Å². The molecular weight excluding hydrogens is 382 g/mol. The van der Waals surface area contributed by atoms with Gasteiger partial charge < -0.3 is 18.9 Å². The van der Waals surface area contributed by atoms with Gasteiger partial charge in [0.2, 0.25) is 0 Å². The Balaban J connectivity index is 5.18. The molecule has 0 unspecified atom stereocenters. The minimum absolute atomic E-state index is 0.0749. The van der Waals surface area contributed by atoms with Gasteiger partial charge in [0.25, 0.3) is 0 Å². The molecule has 0 N–H and O–H groups in total. The first-order valence-corrected chi connectivity index (χ1v) is 9.56. The van der Waals surface area contributed by atoms with Crippen molar-refractivity contribution in [2.75, 3.05) is 19.7 Å². The van der Waals surface area contributed by atoms with Gasteiger partial charge >= 0.3 is 24.1 Å². The Hall–Kier alpha value is -2.16. The molecule has 0 fully saturated rings. The molecule has 0 saturated heterocycles. The highest BCUT2D eigenvalue weighted by Crippen LogP contribution is 2.12. The van der Waals surface area contributed by atoms with E-state index in [2.05, 4.69) is 4.74 Å². The zero-order chi connectivity index (χ0) is 23.0. The smallest absolute Gasteiger partial charge is 0.459 e. The molecule has 0 aliphatic rings. The van der Waals surface area contributed by atoms with Crippen molar-refractivity contribution in [3.63, 3.8) is 0 Å². The van der Waals surface area contributed by atoms with Gasteiger partial charge in [-0.05, 0) is 54.4 Å². The third-order valence-corrected chi connectivity index (χ3v) is 3.11. The Labute approximate surface area is 173 Å². The average molecular weight is 417 g/mol. The van der Waals surface area contributed by atoms with Crippen LogP contribution < -0.4 is 0 Å². The zero-order valence-corrected chi connectivity index (χ0v) is 19.0. The maximum Gasteiger partial charge on any atom is 0.516 e. The van der Waals surface area contributed by atoms with E-state index in [1.165, 1.54) is 11.8 Å². The summed E-state index contributed by atoms with van der Waals surface area (Å²) in [6, 6.07) is -1.10. The molecule has 0 rings (SSSR count). The Morgan fingerprint density at radius 3 is 1.55 bits per heavy atom. The lowest BCUT2D eigenvalue weighted by Crippen LogP contribution is -2.48. The summed E-state index contributed by atoms with van der Waals surface area (Å²) in [6.45, 7) is 14.6. The lowest BCUT2D eigenvalue weighted by atomic mass is 10.2. The van der Waals surface area contributed by atoms with Crippen LogP contribution in [0.5, 0.6) is 0 Å². The molecule has 9 nitrogen and oxygen atoms in total. The summed E-state index contributed by atoms with van der Waals surface area (Å²) in [4.78, 5) is 49.6. The summed E-state index contributed by atoms with van der Waals surface area (Å²) in [5.41, 5.74) is -1.47. The van der Waals surface area contributed by atoms with Gasteiger partial charge in [0, 0.05) is 0 Å². The molecule has 0 aliphatic heterocycles. The average Bonchev–Trinajstić information content (AvgIpc) is 2.47. The van der Waals surface area contributed by atoms with Crippen LogP contribution in [0, 0.1) is 5.92 Å². The fraction of sp³-hybridized carbons (Fsp3) is 0.800. The van der Waals surface area contributed by atoms with Crippen LogP contribution in [0.3, 0.4) is 0 Å². The molecule has 0 aromatic rings. The van der Waals surface area contributed by atoms with E-state index in [0.29, 0.717) is 0 Å². The first-order valence-electron chi connectivity index (χ1n) is 9.56. The molecule has 0 spiro atoms. The second kappa shape index (κ2) is 11.1. The van der Waals surface area contributed by atoms with Crippen LogP contribution in [0.2, 0.25) is 0 Å². The molecule has 0 aromatic carbocycles. The molecular formula is C20H35NO8. The second-order valence-electron chi connectivity index (χ2n) is 9.13. The van der Waals surface area contributed by atoms with Crippen LogP contribution in [0.15, 0.2) is 0 Å². The Kier molecular flexibility index (Phi) is 10.3. The summed E-state index contributed by atoms with van der Waals surface area (Å²) in [5, 5.41) is 0. The van der Waals surface area contributed by atoms with Crippen molar-refractivity contribution >= 4 is 24.1 Å². The van der Waals surface area contributed by atoms with Crippen molar-refractivity contribution in [3.05, 3.63) is 0 Å². The van der Waals surface area contributed by atoms with E-state index in [4.69, 9.17) is 14.2 Å². The zero-order valence-electron chi connectivity index (χ0n) is 19.0. The summed E-state index contributed by atoms with van der Waals surface area (Å²) in [5.74, 6) is -2.15. The summed E-state index contributed by atoms with van der Waals surface area (Å²) < 4.78 is 20.0. The summed E-state index contributed by atoms with van der Waals surface area (Å²) >= 11 is 0. The molecule has 1 atom stereocenters. The van der Waals surface area contributed by atoms with Gasteiger partial charge in [-0.1, -0.05) is 13.8 Å². The van der Waals surface area contributed by atoms with Crippen molar-refractivity contribution in [2.24, 2.45) is 5.92 Å². The first kappa shape index (κ1) is 26.8. The van der Waals surface area contributed by atoms with Crippen LogP contribution in [0.25, 0.3) is 0 Å². The van der Waals surface area contributed by atoms with Crippen LogP contribution in [0.4, 0.5) is 4.79 Å². The van der Waals surface area contributed by atoms with Gasteiger partial charge in [0.15, 0.2) is 0 Å². The molecule has 0 aliphatic carbocycles. The standard InChI is InChI=1S/C20H35NO8/c1-13(2)12-26-18(25)27-17(24)14(3)21(10-15(22)28-19(4,5)6)11-16(23)29-20(7,8)9/h13-14H,10-12H2,1-9H3/t14-/m0/s1. The van der Waals surface area contributed by atoms with E-state index in [0.717, 1.165) is 0 Å². The quantitative estimate of drug-likeness (QED) is 0.334. The number of rotatable bonds is 8.